The van der Waals surface area contributed by atoms with Gasteiger partial charge in [-0.15, -0.1) is 0 Å². The Labute approximate surface area is 144 Å². The molecule has 1 saturated heterocycles. The molecule has 0 saturated carbocycles. The van der Waals surface area contributed by atoms with Gasteiger partial charge < -0.3 is 15.2 Å². The van der Waals surface area contributed by atoms with Crippen LogP contribution in [-0.4, -0.2) is 49.9 Å². The van der Waals surface area contributed by atoms with Crippen LogP contribution in [-0.2, 0) is 0 Å². The standard InChI is InChI=1S/C20H28N2O2/c1-20(2,14-23)19(22-10-8-21-9-11-22)17-5-4-16-13-18(24-3)7-6-15(16)12-17/h4-7,12-13,19,21,23H,8-11,14H2,1-3H3/t19-/m0/s1. The fourth-order valence-corrected chi connectivity index (χ4v) is 3.72. The van der Waals surface area contributed by atoms with Gasteiger partial charge in [0.25, 0.3) is 0 Å². The van der Waals surface area contributed by atoms with Crippen LogP contribution in [0.15, 0.2) is 36.4 Å². The average molecular weight is 328 g/mol. The molecule has 130 valence electrons. The minimum atomic E-state index is -0.197. The first-order valence-corrected chi connectivity index (χ1v) is 8.68. The molecule has 2 aromatic carbocycles. The molecule has 3 rings (SSSR count). The number of fused-ring (bicyclic) bond motifs is 1. The van der Waals surface area contributed by atoms with E-state index in [1.165, 1.54) is 16.3 Å². The van der Waals surface area contributed by atoms with Gasteiger partial charge in [0.05, 0.1) is 7.11 Å². The third kappa shape index (κ3) is 3.41. The fourth-order valence-electron chi connectivity index (χ4n) is 3.72. The number of hydrogen-bond acceptors (Lipinski definition) is 4. The van der Waals surface area contributed by atoms with Crippen LogP contribution in [0.5, 0.6) is 5.75 Å². The summed E-state index contributed by atoms with van der Waals surface area (Å²) in [5.41, 5.74) is 1.07. The fraction of sp³-hybridized carbons (Fsp3) is 0.500. The summed E-state index contributed by atoms with van der Waals surface area (Å²) < 4.78 is 5.32. The quantitative estimate of drug-likeness (QED) is 0.886. The summed E-state index contributed by atoms with van der Waals surface area (Å²) >= 11 is 0. The van der Waals surface area contributed by atoms with Crippen molar-refractivity contribution < 1.29 is 9.84 Å². The molecule has 1 heterocycles. The number of nitrogens with one attached hydrogen (secondary N) is 1. The molecule has 0 aliphatic carbocycles. The largest absolute Gasteiger partial charge is 0.497 e. The van der Waals surface area contributed by atoms with Crippen molar-refractivity contribution in [2.75, 3.05) is 39.9 Å². The molecule has 1 fully saturated rings. The average Bonchev–Trinajstić information content (AvgIpc) is 2.62. The molecule has 4 heteroatoms. The second-order valence-corrected chi connectivity index (χ2v) is 7.31. The summed E-state index contributed by atoms with van der Waals surface area (Å²) in [5.74, 6) is 0.879. The predicted molar refractivity (Wildman–Crippen MR) is 98.6 cm³/mol. The SMILES string of the molecule is COc1ccc2cc([C@H](N3CCNCC3)C(C)(C)CO)ccc2c1. The van der Waals surface area contributed by atoms with Crippen molar-refractivity contribution in [3.05, 3.63) is 42.0 Å². The van der Waals surface area contributed by atoms with E-state index >= 15 is 0 Å². The lowest BCUT2D eigenvalue weighted by molar-refractivity contribution is 0.0306. The number of aliphatic hydroxyl groups excluding tert-OH is 1. The van der Waals surface area contributed by atoms with Gasteiger partial charge in [0.15, 0.2) is 0 Å². The number of rotatable bonds is 5. The van der Waals surface area contributed by atoms with E-state index in [1.807, 2.05) is 6.07 Å². The molecule has 0 spiro atoms. The number of methoxy groups -OCH3 is 1. The Morgan fingerprint density at radius 2 is 1.79 bits per heavy atom. The van der Waals surface area contributed by atoms with E-state index < -0.39 is 0 Å². The van der Waals surface area contributed by atoms with Gasteiger partial charge >= 0.3 is 0 Å². The number of ether oxygens (including phenoxy) is 1. The highest BCUT2D eigenvalue weighted by molar-refractivity contribution is 5.84. The minimum absolute atomic E-state index is 0.169. The van der Waals surface area contributed by atoms with Crippen LogP contribution < -0.4 is 10.1 Å². The second-order valence-electron chi connectivity index (χ2n) is 7.31. The summed E-state index contributed by atoms with van der Waals surface area (Å²) in [5, 5.41) is 15.8. The van der Waals surface area contributed by atoms with E-state index in [0.29, 0.717) is 0 Å². The Morgan fingerprint density at radius 1 is 1.12 bits per heavy atom. The Morgan fingerprint density at radius 3 is 2.46 bits per heavy atom. The second kappa shape index (κ2) is 7.09. The molecule has 1 aliphatic heterocycles. The van der Waals surface area contributed by atoms with E-state index in [1.54, 1.807) is 7.11 Å². The highest BCUT2D eigenvalue weighted by Crippen LogP contribution is 2.39. The van der Waals surface area contributed by atoms with Crippen LogP contribution in [0.2, 0.25) is 0 Å². The Hall–Kier alpha value is -1.62. The summed E-state index contributed by atoms with van der Waals surface area (Å²) in [4.78, 5) is 2.50. The smallest absolute Gasteiger partial charge is 0.119 e. The van der Waals surface area contributed by atoms with Gasteiger partial charge in [0, 0.05) is 44.2 Å². The molecule has 2 N–H and O–H groups in total. The number of nitrogens with zero attached hydrogens (tertiary/aromatic N) is 1. The van der Waals surface area contributed by atoms with Crippen molar-refractivity contribution in [3.8, 4) is 5.75 Å². The van der Waals surface area contributed by atoms with E-state index in [-0.39, 0.29) is 18.1 Å². The van der Waals surface area contributed by atoms with Gasteiger partial charge in [-0.05, 0) is 34.5 Å². The first-order valence-electron chi connectivity index (χ1n) is 8.68. The molecule has 2 aromatic rings. The maximum Gasteiger partial charge on any atom is 0.119 e. The van der Waals surface area contributed by atoms with Crippen molar-refractivity contribution in [2.45, 2.75) is 19.9 Å². The van der Waals surface area contributed by atoms with Gasteiger partial charge in [0.1, 0.15) is 5.75 Å². The first-order chi connectivity index (χ1) is 11.5. The van der Waals surface area contributed by atoms with Crippen molar-refractivity contribution in [3.63, 3.8) is 0 Å². The van der Waals surface area contributed by atoms with Gasteiger partial charge in [0.2, 0.25) is 0 Å². The molecule has 0 amide bonds. The zero-order valence-corrected chi connectivity index (χ0v) is 14.9. The highest BCUT2D eigenvalue weighted by atomic mass is 16.5. The van der Waals surface area contributed by atoms with Crippen molar-refractivity contribution in [1.82, 2.24) is 10.2 Å². The molecular formula is C20H28N2O2. The number of hydrogen-bond donors (Lipinski definition) is 2. The zero-order chi connectivity index (χ0) is 17.2. The molecule has 24 heavy (non-hydrogen) atoms. The summed E-state index contributed by atoms with van der Waals surface area (Å²) in [6.45, 7) is 8.49. The lowest BCUT2D eigenvalue weighted by Gasteiger charge is -2.43. The summed E-state index contributed by atoms with van der Waals surface area (Å²) in [6, 6.07) is 13.0. The van der Waals surface area contributed by atoms with Crippen LogP contribution in [0.25, 0.3) is 10.8 Å². The Kier molecular flexibility index (Phi) is 5.09. The lowest BCUT2D eigenvalue weighted by atomic mass is 9.79. The molecule has 1 atom stereocenters. The zero-order valence-electron chi connectivity index (χ0n) is 14.9. The van der Waals surface area contributed by atoms with Crippen molar-refractivity contribution in [2.24, 2.45) is 5.41 Å². The van der Waals surface area contributed by atoms with E-state index in [2.05, 4.69) is 54.4 Å². The number of aliphatic hydroxyl groups is 1. The maximum absolute atomic E-state index is 9.98. The lowest BCUT2D eigenvalue weighted by Crippen LogP contribution is -2.49. The summed E-state index contributed by atoms with van der Waals surface area (Å²) in [6.07, 6.45) is 0. The molecule has 0 aromatic heterocycles. The predicted octanol–water partition coefficient (Wildman–Crippen LogP) is 2.81. The third-order valence-corrected chi connectivity index (χ3v) is 5.05. The van der Waals surface area contributed by atoms with Gasteiger partial charge in [-0.25, -0.2) is 0 Å². The molecule has 1 aliphatic rings. The van der Waals surface area contributed by atoms with E-state index in [9.17, 15) is 5.11 Å². The van der Waals surface area contributed by atoms with E-state index in [4.69, 9.17) is 4.74 Å². The van der Waals surface area contributed by atoms with Crippen LogP contribution in [0.4, 0.5) is 0 Å². The van der Waals surface area contributed by atoms with Crippen molar-refractivity contribution in [1.29, 1.82) is 0 Å². The van der Waals surface area contributed by atoms with Crippen LogP contribution in [0, 0.1) is 5.41 Å². The molecular weight excluding hydrogens is 300 g/mol. The Bertz CT molecular complexity index is 693. The first kappa shape index (κ1) is 17.2. The monoisotopic (exact) mass is 328 g/mol. The maximum atomic E-state index is 9.98. The van der Waals surface area contributed by atoms with Gasteiger partial charge in [-0.3, -0.25) is 4.90 Å². The number of benzene rings is 2. The van der Waals surface area contributed by atoms with Crippen LogP contribution in [0.1, 0.15) is 25.5 Å². The molecule has 0 bridgehead atoms. The van der Waals surface area contributed by atoms with Gasteiger partial charge in [-0.2, -0.15) is 0 Å². The molecule has 0 unspecified atom stereocenters. The van der Waals surface area contributed by atoms with Gasteiger partial charge in [-0.1, -0.05) is 32.0 Å². The van der Waals surface area contributed by atoms with E-state index in [0.717, 1.165) is 31.9 Å². The molecule has 0 radical (unpaired) electrons. The topological polar surface area (TPSA) is 44.7 Å². The molecule has 4 nitrogen and oxygen atoms in total. The van der Waals surface area contributed by atoms with Crippen LogP contribution >= 0.6 is 0 Å². The number of piperazine rings is 1. The van der Waals surface area contributed by atoms with Crippen molar-refractivity contribution >= 4 is 10.8 Å². The Balaban J connectivity index is 2.01. The minimum Gasteiger partial charge on any atom is -0.497 e. The summed E-state index contributed by atoms with van der Waals surface area (Å²) in [7, 11) is 1.69. The normalized spacial score (nSPS) is 17.8. The third-order valence-electron chi connectivity index (χ3n) is 5.05. The highest BCUT2D eigenvalue weighted by Gasteiger charge is 2.35. The van der Waals surface area contributed by atoms with Crippen LogP contribution in [0.3, 0.4) is 0 Å².